The van der Waals surface area contributed by atoms with Crippen LogP contribution in [0.4, 0.5) is 11.4 Å². The lowest BCUT2D eigenvalue weighted by Crippen LogP contribution is -2.23. The van der Waals surface area contributed by atoms with Gasteiger partial charge in [-0.3, -0.25) is 9.59 Å². The van der Waals surface area contributed by atoms with E-state index < -0.39 is 5.97 Å². The fourth-order valence-corrected chi connectivity index (χ4v) is 5.72. The number of esters is 1. The second-order valence-electron chi connectivity index (χ2n) is 7.66. The number of amides is 2. The number of nitrogens with one attached hydrogen (secondary N) is 2. The van der Waals surface area contributed by atoms with Crippen LogP contribution < -0.4 is 10.6 Å². The summed E-state index contributed by atoms with van der Waals surface area (Å²) in [6.45, 7) is 3.21. The van der Waals surface area contributed by atoms with E-state index in [0.717, 1.165) is 41.5 Å². The normalized spacial score (nSPS) is 13.0. The van der Waals surface area contributed by atoms with Gasteiger partial charge in [-0.25, -0.2) is 4.79 Å². The zero-order valence-corrected chi connectivity index (χ0v) is 19.5. The monoisotopic (exact) mass is 473 g/mol. The van der Waals surface area contributed by atoms with Crippen molar-refractivity contribution in [3.63, 3.8) is 0 Å². The van der Waals surface area contributed by atoms with Crippen molar-refractivity contribution in [2.45, 2.75) is 46.1 Å². The lowest BCUT2D eigenvalue weighted by Gasteiger charge is -2.14. The third-order valence-corrected chi connectivity index (χ3v) is 6.88. The Bertz CT molecular complexity index is 1210. The predicted molar refractivity (Wildman–Crippen MR) is 127 cm³/mol. The van der Waals surface area contributed by atoms with Crippen molar-refractivity contribution in [1.29, 1.82) is 0 Å². The number of aryl methyl sites for hydroxylation is 2. The summed E-state index contributed by atoms with van der Waals surface area (Å²) in [5, 5.41) is 7.02. The highest BCUT2D eigenvalue weighted by Gasteiger charge is 2.31. The molecular weight excluding hydrogens is 450 g/mol. The predicted octanol–water partition coefficient (Wildman–Crippen LogP) is 5.01. The Balaban J connectivity index is 1.82. The highest BCUT2D eigenvalue weighted by Crippen LogP contribution is 2.44. The van der Waals surface area contributed by atoms with E-state index >= 15 is 0 Å². The molecule has 2 heterocycles. The number of hydrogen-bond donors (Lipinski definition) is 2. The number of hydrogen-bond acceptors (Lipinski definition) is 5. The van der Waals surface area contributed by atoms with Gasteiger partial charge in [0.15, 0.2) is 5.69 Å². The number of fused-ring (bicyclic) bond motifs is 3. The molecule has 0 radical (unpaired) electrons. The van der Waals surface area contributed by atoms with Gasteiger partial charge < -0.3 is 19.9 Å². The van der Waals surface area contributed by atoms with Crippen molar-refractivity contribution in [3.8, 4) is 0 Å². The topological polar surface area (TPSA) is 89.4 Å². The zero-order valence-electron chi connectivity index (χ0n) is 17.9. The first-order valence-corrected chi connectivity index (χ1v) is 11.7. The molecule has 32 heavy (non-hydrogen) atoms. The molecule has 1 aromatic carbocycles. The lowest BCUT2D eigenvalue weighted by molar-refractivity contribution is -0.116. The Kier molecular flexibility index (Phi) is 6.53. The molecule has 0 saturated carbocycles. The molecule has 0 fully saturated rings. The zero-order chi connectivity index (χ0) is 22.8. The van der Waals surface area contributed by atoms with Crippen molar-refractivity contribution in [2.75, 3.05) is 17.2 Å². The van der Waals surface area contributed by atoms with E-state index in [9.17, 15) is 14.4 Å². The number of benzene rings is 1. The van der Waals surface area contributed by atoms with Gasteiger partial charge >= 0.3 is 5.97 Å². The third kappa shape index (κ3) is 4.38. The first-order chi connectivity index (χ1) is 15.4. The maximum Gasteiger partial charge on any atom is 0.357 e. The second-order valence-corrected chi connectivity index (χ2v) is 9.18. The van der Waals surface area contributed by atoms with Crippen molar-refractivity contribution >= 4 is 62.3 Å². The Hall–Kier alpha value is -2.84. The Labute approximate surface area is 194 Å². The van der Waals surface area contributed by atoms with Crippen LogP contribution in [0.2, 0.25) is 5.02 Å². The van der Waals surface area contributed by atoms with Crippen LogP contribution in [0, 0.1) is 0 Å². The molecule has 0 spiro atoms. The first kappa shape index (κ1) is 22.4. The number of thiophene rings is 1. The van der Waals surface area contributed by atoms with Crippen molar-refractivity contribution in [2.24, 2.45) is 0 Å². The van der Waals surface area contributed by atoms with Crippen molar-refractivity contribution < 1.29 is 19.1 Å². The summed E-state index contributed by atoms with van der Waals surface area (Å²) >= 11 is 7.60. The van der Waals surface area contributed by atoms with Gasteiger partial charge in [0.1, 0.15) is 11.4 Å². The molecule has 0 aliphatic heterocycles. The smallest absolute Gasteiger partial charge is 0.357 e. The average Bonchev–Trinajstić information content (AvgIpc) is 3.23. The van der Waals surface area contributed by atoms with E-state index in [1.54, 1.807) is 47.1 Å². The van der Waals surface area contributed by atoms with Crippen LogP contribution in [-0.4, -0.2) is 29.0 Å². The fourth-order valence-electron chi connectivity index (χ4n) is 4.12. The maximum absolute atomic E-state index is 12.9. The van der Waals surface area contributed by atoms with Crippen molar-refractivity contribution in [1.82, 2.24) is 4.57 Å². The summed E-state index contributed by atoms with van der Waals surface area (Å²) in [7, 11) is 0. The van der Waals surface area contributed by atoms with Crippen LogP contribution in [0.5, 0.6) is 0 Å². The fraction of sp³-hybridized carbons (Fsp3) is 0.348. The SMILES string of the molecule is CCOC(=O)c1c(NC(C)=O)c2c3c(sc2n1CC(=O)Nc1cccc(Cl)c1)CCCC3. The Morgan fingerprint density at radius 2 is 1.97 bits per heavy atom. The first-order valence-electron chi connectivity index (χ1n) is 10.6. The van der Waals surface area contributed by atoms with Crippen molar-refractivity contribution in [3.05, 3.63) is 45.4 Å². The molecule has 0 unspecified atom stereocenters. The number of nitrogens with zero attached hydrogens (tertiary/aromatic N) is 1. The van der Waals surface area contributed by atoms with E-state index in [0.29, 0.717) is 16.4 Å². The molecule has 2 aromatic heterocycles. The minimum atomic E-state index is -0.570. The van der Waals surface area contributed by atoms with Crippen LogP contribution in [0.25, 0.3) is 10.2 Å². The molecule has 168 valence electrons. The molecule has 0 atom stereocenters. The van der Waals surface area contributed by atoms with Gasteiger partial charge in [-0.2, -0.15) is 0 Å². The van der Waals surface area contributed by atoms with Gasteiger partial charge in [0.2, 0.25) is 11.8 Å². The average molecular weight is 474 g/mol. The highest BCUT2D eigenvalue weighted by atomic mass is 35.5. The standard InChI is InChI=1S/C23H24ClN3O4S/c1-3-31-23(30)21-20(25-13(2)28)19-16-9-4-5-10-17(16)32-22(19)27(21)12-18(29)26-15-8-6-7-14(24)11-15/h6-8,11H,3-5,9-10,12H2,1-2H3,(H,25,28)(H,26,29). The van der Waals surface area contributed by atoms with E-state index in [1.165, 1.54) is 11.8 Å². The molecule has 2 N–H and O–H groups in total. The molecule has 0 saturated heterocycles. The van der Waals surface area contributed by atoms with E-state index in [-0.39, 0.29) is 30.7 Å². The lowest BCUT2D eigenvalue weighted by atomic mass is 9.96. The molecule has 1 aliphatic carbocycles. The van der Waals surface area contributed by atoms with Gasteiger partial charge in [-0.1, -0.05) is 17.7 Å². The minimum absolute atomic E-state index is 0.101. The molecule has 9 heteroatoms. The molecule has 4 rings (SSSR count). The van der Waals surface area contributed by atoms with Gasteiger partial charge in [-0.05, 0) is 56.4 Å². The summed E-state index contributed by atoms with van der Waals surface area (Å²) in [6, 6.07) is 6.87. The molecule has 1 aliphatic rings. The van der Waals surface area contributed by atoms with Crippen LogP contribution in [0.3, 0.4) is 0 Å². The summed E-state index contributed by atoms with van der Waals surface area (Å²) in [6.07, 6.45) is 3.99. The quantitative estimate of drug-likeness (QED) is 0.492. The maximum atomic E-state index is 12.9. The summed E-state index contributed by atoms with van der Waals surface area (Å²) in [4.78, 5) is 39.9. The Morgan fingerprint density at radius 3 is 2.69 bits per heavy atom. The van der Waals surface area contributed by atoms with Gasteiger partial charge in [-0.15, -0.1) is 11.3 Å². The van der Waals surface area contributed by atoms with Crippen LogP contribution in [0.15, 0.2) is 24.3 Å². The van der Waals surface area contributed by atoms with E-state index in [4.69, 9.17) is 16.3 Å². The van der Waals surface area contributed by atoms with Gasteiger partial charge in [0.25, 0.3) is 0 Å². The number of rotatable bonds is 6. The Morgan fingerprint density at radius 1 is 1.19 bits per heavy atom. The number of anilines is 2. The molecule has 2 amide bonds. The largest absolute Gasteiger partial charge is 0.461 e. The number of halogens is 1. The molecule has 3 aromatic rings. The van der Waals surface area contributed by atoms with Gasteiger partial charge in [0.05, 0.1) is 12.3 Å². The van der Waals surface area contributed by atoms with E-state index in [2.05, 4.69) is 10.6 Å². The minimum Gasteiger partial charge on any atom is -0.461 e. The molecule has 0 bridgehead atoms. The number of carbonyl (C=O) groups excluding carboxylic acids is 3. The molecule has 7 nitrogen and oxygen atoms in total. The second kappa shape index (κ2) is 9.34. The van der Waals surface area contributed by atoms with Crippen LogP contribution in [-0.2, 0) is 33.7 Å². The van der Waals surface area contributed by atoms with Gasteiger partial charge in [0, 0.05) is 27.9 Å². The number of carbonyl (C=O) groups is 3. The summed E-state index contributed by atoms with van der Waals surface area (Å²) in [5.74, 6) is -1.16. The van der Waals surface area contributed by atoms with Crippen LogP contribution in [0.1, 0.15) is 47.6 Å². The van der Waals surface area contributed by atoms with E-state index in [1.807, 2.05) is 0 Å². The molecular formula is C23H24ClN3O4S. The number of aromatic nitrogens is 1. The summed E-state index contributed by atoms with van der Waals surface area (Å²) in [5.41, 5.74) is 2.34. The summed E-state index contributed by atoms with van der Waals surface area (Å²) < 4.78 is 6.96. The third-order valence-electron chi connectivity index (χ3n) is 5.33. The highest BCUT2D eigenvalue weighted by molar-refractivity contribution is 7.19. The number of ether oxygens (including phenoxy) is 1. The van der Waals surface area contributed by atoms with Crippen LogP contribution >= 0.6 is 22.9 Å².